The van der Waals surface area contributed by atoms with Crippen molar-refractivity contribution in [1.29, 1.82) is 0 Å². The van der Waals surface area contributed by atoms with Crippen LogP contribution in [0.5, 0.6) is 5.75 Å². The van der Waals surface area contributed by atoms with E-state index in [-0.39, 0.29) is 23.5 Å². The van der Waals surface area contributed by atoms with E-state index >= 15 is 0 Å². The molecule has 3 aromatic rings. The van der Waals surface area contributed by atoms with Gasteiger partial charge in [-0.1, -0.05) is 36.4 Å². The molecule has 3 rings (SSSR count). The van der Waals surface area contributed by atoms with Crippen molar-refractivity contribution in [2.75, 3.05) is 13.7 Å². The molecule has 5 heteroatoms. The number of hydrogen-bond acceptors (Lipinski definition) is 2. The van der Waals surface area contributed by atoms with Crippen LogP contribution in [0.25, 0.3) is 0 Å². The molecule has 0 bridgehead atoms. The van der Waals surface area contributed by atoms with Gasteiger partial charge in [-0.25, -0.2) is 8.78 Å². The van der Waals surface area contributed by atoms with Crippen LogP contribution in [0.1, 0.15) is 40.2 Å². The molecule has 0 aliphatic rings. The number of carbonyl (C=O) groups excluding carboxylic acids is 1. The van der Waals surface area contributed by atoms with Gasteiger partial charge in [-0.05, 0) is 60.4 Å². The molecular weight excluding hydrogens is 372 g/mol. The number of methoxy groups -OCH3 is 1. The summed E-state index contributed by atoms with van der Waals surface area (Å²) < 4.78 is 31.9. The SMILES string of the molecule is COc1ccccc1C(=O)NCCCC(c1ccc(F)cc1)c1ccc(F)cc1. The first-order valence-electron chi connectivity index (χ1n) is 9.50. The fourth-order valence-corrected chi connectivity index (χ4v) is 3.35. The van der Waals surface area contributed by atoms with Gasteiger partial charge in [-0.3, -0.25) is 4.79 Å². The molecule has 0 aliphatic heterocycles. The van der Waals surface area contributed by atoms with E-state index < -0.39 is 0 Å². The Labute approximate surface area is 169 Å². The van der Waals surface area contributed by atoms with E-state index in [4.69, 9.17) is 4.74 Å². The fourth-order valence-electron chi connectivity index (χ4n) is 3.35. The molecule has 0 radical (unpaired) electrons. The normalized spacial score (nSPS) is 10.8. The molecule has 0 aromatic heterocycles. The van der Waals surface area contributed by atoms with Crippen LogP contribution in [0, 0.1) is 11.6 Å². The van der Waals surface area contributed by atoms with Crippen LogP contribution in [0.15, 0.2) is 72.8 Å². The lowest BCUT2D eigenvalue weighted by Gasteiger charge is -2.18. The quantitative estimate of drug-likeness (QED) is 0.525. The smallest absolute Gasteiger partial charge is 0.255 e. The van der Waals surface area contributed by atoms with Crippen molar-refractivity contribution in [3.63, 3.8) is 0 Å². The maximum Gasteiger partial charge on any atom is 0.255 e. The molecule has 0 saturated carbocycles. The molecule has 0 aliphatic carbocycles. The molecule has 0 saturated heterocycles. The van der Waals surface area contributed by atoms with Gasteiger partial charge < -0.3 is 10.1 Å². The van der Waals surface area contributed by atoms with Crippen molar-refractivity contribution >= 4 is 5.91 Å². The van der Waals surface area contributed by atoms with Crippen LogP contribution in [0.2, 0.25) is 0 Å². The van der Waals surface area contributed by atoms with E-state index in [2.05, 4.69) is 5.32 Å². The van der Waals surface area contributed by atoms with E-state index in [0.717, 1.165) is 17.5 Å². The largest absolute Gasteiger partial charge is 0.496 e. The van der Waals surface area contributed by atoms with Gasteiger partial charge in [0, 0.05) is 12.5 Å². The van der Waals surface area contributed by atoms with Crippen molar-refractivity contribution in [3.8, 4) is 5.75 Å². The molecule has 0 atom stereocenters. The standard InChI is InChI=1S/C24H23F2NO2/c1-29-23-7-3-2-5-22(23)24(28)27-16-4-6-21(17-8-12-19(25)13-9-17)18-10-14-20(26)15-11-18/h2-3,5,7-15,21H,4,6,16H2,1H3,(H,27,28). The van der Waals surface area contributed by atoms with E-state index in [1.165, 1.54) is 31.4 Å². The molecule has 150 valence electrons. The highest BCUT2D eigenvalue weighted by molar-refractivity contribution is 5.96. The molecule has 0 fully saturated rings. The lowest BCUT2D eigenvalue weighted by molar-refractivity contribution is 0.0950. The summed E-state index contributed by atoms with van der Waals surface area (Å²) in [5, 5.41) is 2.91. The number of rotatable bonds is 8. The van der Waals surface area contributed by atoms with Gasteiger partial charge >= 0.3 is 0 Å². The first-order chi connectivity index (χ1) is 14.1. The third kappa shape index (κ3) is 5.41. The highest BCUT2D eigenvalue weighted by Crippen LogP contribution is 2.29. The zero-order chi connectivity index (χ0) is 20.6. The van der Waals surface area contributed by atoms with E-state index in [9.17, 15) is 13.6 Å². The summed E-state index contributed by atoms with van der Waals surface area (Å²) >= 11 is 0. The fraction of sp³-hybridized carbons (Fsp3) is 0.208. The Bertz CT molecular complexity index is 894. The predicted molar refractivity (Wildman–Crippen MR) is 109 cm³/mol. The Balaban J connectivity index is 1.65. The summed E-state index contributed by atoms with van der Waals surface area (Å²) in [6.07, 6.45) is 1.43. The summed E-state index contributed by atoms with van der Waals surface area (Å²) in [7, 11) is 1.53. The Hall–Kier alpha value is -3.21. The zero-order valence-corrected chi connectivity index (χ0v) is 16.2. The second-order valence-electron chi connectivity index (χ2n) is 6.75. The number of hydrogen-bond donors (Lipinski definition) is 1. The molecule has 1 N–H and O–H groups in total. The van der Waals surface area contributed by atoms with Crippen molar-refractivity contribution in [1.82, 2.24) is 5.32 Å². The van der Waals surface area contributed by atoms with Crippen LogP contribution in [0.3, 0.4) is 0 Å². The minimum absolute atomic E-state index is 0.0145. The van der Waals surface area contributed by atoms with Crippen molar-refractivity contribution < 1.29 is 18.3 Å². The number of nitrogens with one attached hydrogen (secondary N) is 1. The van der Waals surface area contributed by atoms with Crippen LogP contribution < -0.4 is 10.1 Å². The molecular formula is C24H23F2NO2. The Morgan fingerprint density at radius 3 is 2.00 bits per heavy atom. The highest BCUT2D eigenvalue weighted by atomic mass is 19.1. The highest BCUT2D eigenvalue weighted by Gasteiger charge is 2.15. The Morgan fingerprint density at radius 1 is 0.897 bits per heavy atom. The Morgan fingerprint density at radius 2 is 1.45 bits per heavy atom. The number of halogens is 2. The molecule has 29 heavy (non-hydrogen) atoms. The summed E-state index contributed by atoms with van der Waals surface area (Å²) in [6, 6.07) is 19.8. The van der Waals surface area contributed by atoms with Crippen molar-refractivity contribution in [2.24, 2.45) is 0 Å². The topological polar surface area (TPSA) is 38.3 Å². The maximum absolute atomic E-state index is 13.3. The van der Waals surface area contributed by atoms with Crippen LogP contribution in [-0.2, 0) is 0 Å². The van der Waals surface area contributed by atoms with Gasteiger partial charge in [0.2, 0.25) is 0 Å². The molecule has 0 spiro atoms. The molecule has 0 unspecified atom stereocenters. The second kappa shape index (κ2) is 9.82. The molecule has 0 heterocycles. The van der Waals surface area contributed by atoms with E-state index in [1.807, 2.05) is 6.07 Å². The monoisotopic (exact) mass is 395 g/mol. The summed E-state index contributed by atoms with van der Waals surface area (Å²) in [6.45, 7) is 0.482. The number of carbonyl (C=O) groups is 1. The van der Waals surface area contributed by atoms with Gasteiger partial charge in [-0.15, -0.1) is 0 Å². The first-order valence-corrected chi connectivity index (χ1v) is 9.50. The predicted octanol–water partition coefficient (Wildman–Crippen LogP) is 5.32. The average Bonchev–Trinajstić information content (AvgIpc) is 2.75. The minimum atomic E-state index is -0.296. The van der Waals surface area contributed by atoms with Gasteiger partial charge in [0.05, 0.1) is 12.7 Å². The molecule has 3 aromatic carbocycles. The van der Waals surface area contributed by atoms with Crippen molar-refractivity contribution in [3.05, 3.63) is 101 Å². The average molecular weight is 395 g/mol. The maximum atomic E-state index is 13.3. The lowest BCUT2D eigenvalue weighted by Crippen LogP contribution is -2.25. The van der Waals surface area contributed by atoms with E-state index in [0.29, 0.717) is 24.3 Å². The number of para-hydroxylation sites is 1. The summed E-state index contributed by atoms with van der Waals surface area (Å²) in [5.74, 6) is -0.270. The third-order valence-electron chi connectivity index (χ3n) is 4.85. The number of ether oxygens (including phenoxy) is 1. The number of amides is 1. The van der Waals surface area contributed by atoms with Crippen LogP contribution >= 0.6 is 0 Å². The summed E-state index contributed by atoms with van der Waals surface area (Å²) in [5.41, 5.74) is 2.40. The third-order valence-corrected chi connectivity index (χ3v) is 4.85. The minimum Gasteiger partial charge on any atom is -0.496 e. The van der Waals surface area contributed by atoms with Gasteiger partial charge in [-0.2, -0.15) is 0 Å². The summed E-state index contributed by atoms with van der Waals surface area (Å²) in [4.78, 5) is 12.4. The molecule has 1 amide bonds. The zero-order valence-electron chi connectivity index (χ0n) is 16.2. The van der Waals surface area contributed by atoms with Gasteiger partial charge in [0.25, 0.3) is 5.91 Å². The number of benzene rings is 3. The Kier molecular flexibility index (Phi) is 6.95. The molecule has 3 nitrogen and oxygen atoms in total. The lowest BCUT2D eigenvalue weighted by atomic mass is 9.87. The van der Waals surface area contributed by atoms with Gasteiger partial charge in [0.1, 0.15) is 17.4 Å². The van der Waals surface area contributed by atoms with Gasteiger partial charge in [0.15, 0.2) is 0 Å². The van der Waals surface area contributed by atoms with E-state index in [1.54, 1.807) is 42.5 Å². The van der Waals surface area contributed by atoms with Crippen LogP contribution in [0.4, 0.5) is 8.78 Å². The van der Waals surface area contributed by atoms with Crippen LogP contribution in [-0.4, -0.2) is 19.6 Å². The first kappa shape index (κ1) is 20.5. The van der Waals surface area contributed by atoms with Crippen molar-refractivity contribution in [2.45, 2.75) is 18.8 Å². The second-order valence-corrected chi connectivity index (χ2v) is 6.75.